The number of carbonyl (C=O) groups excluding carboxylic acids is 1. The second kappa shape index (κ2) is 4.06. The van der Waals surface area contributed by atoms with Gasteiger partial charge in [-0.3, -0.25) is 4.79 Å². The molecule has 0 unspecified atom stereocenters. The highest BCUT2D eigenvalue weighted by molar-refractivity contribution is 9.10. The first-order valence-electron chi connectivity index (χ1n) is 4.78. The third-order valence-corrected chi connectivity index (χ3v) is 2.88. The Hall–Kier alpha value is -1.29. The van der Waals surface area contributed by atoms with Crippen LogP contribution in [0.5, 0.6) is 0 Å². The van der Waals surface area contributed by atoms with Gasteiger partial charge in [0.05, 0.1) is 0 Å². The number of aromatic nitrogens is 1. The summed E-state index contributed by atoms with van der Waals surface area (Å²) in [6.07, 6.45) is 0. The molecule has 0 bridgehead atoms. The maximum atomic E-state index is 11.6. The molecule has 1 amide bonds. The van der Waals surface area contributed by atoms with Gasteiger partial charge in [-0.05, 0) is 25.1 Å². The molecule has 2 rings (SSSR count). The van der Waals surface area contributed by atoms with Gasteiger partial charge in [0.25, 0.3) is 5.91 Å². The van der Waals surface area contributed by atoms with Gasteiger partial charge in [0.1, 0.15) is 5.69 Å². The number of hydrogen-bond donors (Lipinski definition) is 2. The summed E-state index contributed by atoms with van der Waals surface area (Å²) in [6, 6.07) is 7.69. The Kier molecular flexibility index (Phi) is 2.77. The van der Waals surface area contributed by atoms with E-state index in [0.29, 0.717) is 12.2 Å². The van der Waals surface area contributed by atoms with Gasteiger partial charge < -0.3 is 10.3 Å². The van der Waals surface area contributed by atoms with Crippen molar-refractivity contribution in [1.82, 2.24) is 10.3 Å². The Morgan fingerprint density at radius 1 is 1.53 bits per heavy atom. The molecular weight excluding hydrogens is 256 g/mol. The highest BCUT2D eigenvalue weighted by Gasteiger charge is 2.09. The molecule has 78 valence electrons. The normalized spacial score (nSPS) is 10.5. The lowest BCUT2D eigenvalue weighted by atomic mass is 10.2. The number of rotatable bonds is 2. The minimum absolute atomic E-state index is 0.0689. The van der Waals surface area contributed by atoms with Crippen LogP contribution in [0.2, 0.25) is 0 Å². The summed E-state index contributed by atoms with van der Waals surface area (Å²) < 4.78 is 0.992. The number of aromatic amines is 1. The van der Waals surface area contributed by atoms with Crippen LogP contribution in [0, 0.1) is 0 Å². The van der Waals surface area contributed by atoms with Gasteiger partial charge in [-0.1, -0.05) is 22.0 Å². The molecule has 2 N–H and O–H groups in total. The molecule has 0 aliphatic rings. The molecule has 0 spiro atoms. The fourth-order valence-electron chi connectivity index (χ4n) is 1.50. The molecule has 0 aliphatic carbocycles. The van der Waals surface area contributed by atoms with E-state index in [1.807, 2.05) is 31.2 Å². The van der Waals surface area contributed by atoms with E-state index in [1.165, 1.54) is 0 Å². The second-order valence-electron chi connectivity index (χ2n) is 3.24. The Morgan fingerprint density at radius 2 is 2.33 bits per heavy atom. The molecule has 1 heterocycles. The lowest BCUT2D eigenvalue weighted by molar-refractivity contribution is 0.0951. The van der Waals surface area contributed by atoms with E-state index in [-0.39, 0.29) is 5.91 Å². The quantitative estimate of drug-likeness (QED) is 0.863. The van der Waals surface area contributed by atoms with E-state index in [9.17, 15) is 4.79 Å². The van der Waals surface area contributed by atoms with Gasteiger partial charge >= 0.3 is 0 Å². The first kappa shape index (κ1) is 10.2. The fraction of sp³-hybridized carbons (Fsp3) is 0.182. The monoisotopic (exact) mass is 266 g/mol. The van der Waals surface area contributed by atoms with Gasteiger partial charge in [-0.25, -0.2) is 0 Å². The van der Waals surface area contributed by atoms with Crippen molar-refractivity contribution in [2.24, 2.45) is 0 Å². The number of nitrogens with one attached hydrogen (secondary N) is 2. The predicted octanol–water partition coefficient (Wildman–Crippen LogP) is 2.68. The van der Waals surface area contributed by atoms with Gasteiger partial charge in [0.2, 0.25) is 0 Å². The van der Waals surface area contributed by atoms with Gasteiger partial charge in [-0.2, -0.15) is 0 Å². The summed E-state index contributed by atoms with van der Waals surface area (Å²) in [5.74, 6) is -0.0689. The molecule has 0 saturated carbocycles. The first-order chi connectivity index (χ1) is 7.22. The second-order valence-corrected chi connectivity index (χ2v) is 4.10. The largest absolute Gasteiger partial charge is 0.351 e. The molecule has 1 aromatic carbocycles. The van der Waals surface area contributed by atoms with Crippen LogP contribution in [0.3, 0.4) is 0 Å². The number of benzene rings is 1. The third kappa shape index (κ3) is 1.90. The molecule has 0 radical (unpaired) electrons. The average molecular weight is 267 g/mol. The van der Waals surface area contributed by atoms with E-state index in [4.69, 9.17) is 0 Å². The molecule has 0 aliphatic heterocycles. The van der Waals surface area contributed by atoms with Crippen LogP contribution in [-0.2, 0) is 0 Å². The van der Waals surface area contributed by atoms with Crippen molar-refractivity contribution in [3.63, 3.8) is 0 Å². The fourth-order valence-corrected chi connectivity index (χ4v) is 1.98. The smallest absolute Gasteiger partial charge is 0.267 e. The number of amides is 1. The average Bonchev–Trinajstić information content (AvgIpc) is 2.63. The van der Waals surface area contributed by atoms with Gasteiger partial charge in [0.15, 0.2) is 0 Å². The number of carbonyl (C=O) groups is 1. The van der Waals surface area contributed by atoms with Gasteiger partial charge in [0, 0.05) is 21.9 Å². The van der Waals surface area contributed by atoms with Crippen molar-refractivity contribution in [1.29, 1.82) is 0 Å². The molecular formula is C11H11BrN2O. The Balaban J connectivity index is 2.47. The highest BCUT2D eigenvalue weighted by Crippen LogP contribution is 2.24. The minimum Gasteiger partial charge on any atom is -0.351 e. The van der Waals surface area contributed by atoms with Gasteiger partial charge in [-0.15, -0.1) is 0 Å². The summed E-state index contributed by atoms with van der Waals surface area (Å²) in [6.45, 7) is 2.53. The van der Waals surface area contributed by atoms with Crippen LogP contribution in [-0.4, -0.2) is 17.4 Å². The molecule has 4 heteroatoms. The number of hydrogen-bond acceptors (Lipinski definition) is 1. The van der Waals surface area contributed by atoms with Crippen LogP contribution in [0.15, 0.2) is 28.7 Å². The van der Waals surface area contributed by atoms with Crippen molar-refractivity contribution in [3.8, 4) is 0 Å². The summed E-state index contributed by atoms with van der Waals surface area (Å²) in [7, 11) is 0. The predicted molar refractivity (Wildman–Crippen MR) is 64.0 cm³/mol. The van der Waals surface area contributed by atoms with Crippen LogP contribution in [0.4, 0.5) is 0 Å². The van der Waals surface area contributed by atoms with Crippen molar-refractivity contribution < 1.29 is 4.79 Å². The maximum Gasteiger partial charge on any atom is 0.267 e. The number of H-pyrrole nitrogens is 1. The summed E-state index contributed by atoms with van der Waals surface area (Å²) in [5.41, 5.74) is 1.56. The maximum absolute atomic E-state index is 11.6. The zero-order valence-electron chi connectivity index (χ0n) is 8.30. The van der Waals surface area contributed by atoms with Crippen molar-refractivity contribution in [3.05, 3.63) is 34.4 Å². The van der Waals surface area contributed by atoms with Crippen molar-refractivity contribution in [2.75, 3.05) is 6.54 Å². The SMILES string of the molecule is CCNC(=O)c1cc2c(Br)cccc2[nH]1. The molecule has 0 atom stereocenters. The topological polar surface area (TPSA) is 44.9 Å². The molecule has 0 fully saturated rings. The molecule has 0 saturated heterocycles. The van der Waals surface area contributed by atoms with Crippen LogP contribution >= 0.6 is 15.9 Å². The van der Waals surface area contributed by atoms with E-state index in [2.05, 4.69) is 26.2 Å². The summed E-state index contributed by atoms with van der Waals surface area (Å²) >= 11 is 3.45. The Bertz CT molecular complexity index is 504. The minimum atomic E-state index is -0.0689. The lowest BCUT2D eigenvalue weighted by Gasteiger charge is -1.96. The number of fused-ring (bicyclic) bond motifs is 1. The molecule has 3 nitrogen and oxygen atoms in total. The van der Waals surface area contributed by atoms with Crippen LogP contribution in [0.25, 0.3) is 10.9 Å². The van der Waals surface area contributed by atoms with Crippen molar-refractivity contribution in [2.45, 2.75) is 6.92 Å². The lowest BCUT2D eigenvalue weighted by Crippen LogP contribution is -2.22. The van der Waals surface area contributed by atoms with Crippen molar-refractivity contribution >= 4 is 32.7 Å². The molecule has 1 aromatic heterocycles. The van der Waals surface area contributed by atoms with E-state index >= 15 is 0 Å². The van der Waals surface area contributed by atoms with E-state index < -0.39 is 0 Å². The first-order valence-corrected chi connectivity index (χ1v) is 5.57. The Labute approximate surface area is 96.0 Å². The highest BCUT2D eigenvalue weighted by atomic mass is 79.9. The molecule has 2 aromatic rings. The summed E-state index contributed by atoms with van der Waals surface area (Å²) in [5, 5.41) is 3.78. The zero-order valence-corrected chi connectivity index (χ0v) is 9.89. The molecule has 15 heavy (non-hydrogen) atoms. The standard InChI is InChI=1S/C11H11BrN2O/c1-2-13-11(15)10-6-7-8(12)4-3-5-9(7)14-10/h3-6,14H,2H2,1H3,(H,13,15). The van der Waals surface area contributed by atoms with Crippen LogP contribution < -0.4 is 5.32 Å². The zero-order chi connectivity index (χ0) is 10.8. The third-order valence-electron chi connectivity index (χ3n) is 2.19. The van der Waals surface area contributed by atoms with E-state index in [0.717, 1.165) is 15.4 Å². The van der Waals surface area contributed by atoms with Crippen LogP contribution in [0.1, 0.15) is 17.4 Å². The summed E-state index contributed by atoms with van der Waals surface area (Å²) in [4.78, 5) is 14.6. The Morgan fingerprint density at radius 3 is 3.00 bits per heavy atom. The number of halogens is 1. The van der Waals surface area contributed by atoms with E-state index in [1.54, 1.807) is 0 Å².